The number of aromatic nitrogens is 2. The Labute approximate surface area is 139 Å². The van der Waals surface area contributed by atoms with E-state index in [9.17, 15) is 9.18 Å². The van der Waals surface area contributed by atoms with E-state index in [0.29, 0.717) is 13.0 Å². The standard InChI is InChI=1S/C18H18FN3O2/c1-24-17(23)18-9-12-10-21-22(15-4-2-14(19)3-5-15)16(12)8-13(18)6-7-20-11-18/h2-5,8,10,20H,6-7,9,11H2,1H3/t18-/m0/s1. The van der Waals surface area contributed by atoms with E-state index in [1.807, 2.05) is 6.08 Å². The number of hydrogen-bond acceptors (Lipinski definition) is 4. The second-order valence-corrected chi connectivity index (χ2v) is 6.29. The molecule has 4 rings (SSSR count). The summed E-state index contributed by atoms with van der Waals surface area (Å²) in [5.74, 6) is -0.484. The van der Waals surface area contributed by atoms with Crippen LogP contribution in [-0.4, -0.2) is 35.9 Å². The van der Waals surface area contributed by atoms with Gasteiger partial charge in [-0.05, 0) is 60.9 Å². The third kappa shape index (κ3) is 2.17. The highest BCUT2D eigenvalue weighted by atomic mass is 19.1. The number of rotatable bonds is 2. The van der Waals surface area contributed by atoms with Gasteiger partial charge in [-0.15, -0.1) is 0 Å². The second kappa shape index (κ2) is 5.56. The molecule has 1 fully saturated rings. The molecule has 5 nitrogen and oxygen atoms in total. The first kappa shape index (κ1) is 15.1. The molecular weight excluding hydrogens is 309 g/mol. The lowest BCUT2D eigenvalue weighted by atomic mass is 9.69. The number of piperidine rings is 1. The number of methoxy groups -OCH3 is 1. The van der Waals surface area contributed by atoms with Gasteiger partial charge < -0.3 is 10.1 Å². The predicted molar refractivity (Wildman–Crippen MR) is 87.1 cm³/mol. The lowest BCUT2D eigenvalue weighted by molar-refractivity contribution is -0.150. The van der Waals surface area contributed by atoms with Crippen LogP contribution in [0.15, 0.2) is 36.0 Å². The first-order valence-electron chi connectivity index (χ1n) is 7.97. The van der Waals surface area contributed by atoms with Crippen molar-refractivity contribution >= 4 is 12.0 Å². The molecule has 0 saturated carbocycles. The minimum atomic E-state index is -0.642. The van der Waals surface area contributed by atoms with Crippen LogP contribution in [0.2, 0.25) is 0 Å². The van der Waals surface area contributed by atoms with Gasteiger partial charge in [0.1, 0.15) is 11.2 Å². The molecule has 2 aliphatic rings. The number of benzene rings is 1. The number of carbonyl (C=O) groups excluding carboxylic acids is 1. The molecule has 1 aromatic heterocycles. The number of halogens is 1. The predicted octanol–water partition coefficient (Wildman–Crippen LogP) is 2.10. The van der Waals surface area contributed by atoms with Crippen LogP contribution in [0.25, 0.3) is 11.8 Å². The van der Waals surface area contributed by atoms with Crippen LogP contribution >= 0.6 is 0 Å². The molecule has 0 unspecified atom stereocenters. The van der Waals surface area contributed by atoms with E-state index in [2.05, 4.69) is 10.4 Å². The summed E-state index contributed by atoms with van der Waals surface area (Å²) >= 11 is 0. The normalized spacial score (nSPS) is 22.3. The Morgan fingerprint density at radius 1 is 1.38 bits per heavy atom. The average molecular weight is 327 g/mol. The van der Waals surface area contributed by atoms with Crippen LogP contribution in [0.1, 0.15) is 17.7 Å². The molecule has 0 bridgehead atoms. The van der Waals surface area contributed by atoms with Crippen molar-refractivity contribution in [3.8, 4) is 5.69 Å². The molecule has 0 spiro atoms. The average Bonchev–Trinajstić information content (AvgIpc) is 3.02. The largest absolute Gasteiger partial charge is 0.468 e. The van der Waals surface area contributed by atoms with Crippen molar-refractivity contribution in [1.29, 1.82) is 0 Å². The molecule has 2 heterocycles. The summed E-state index contributed by atoms with van der Waals surface area (Å²) in [5.41, 5.74) is 3.19. The van der Waals surface area contributed by atoms with Gasteiger partial charge in [0, 0.05) is 6.54 Å². The fourth-order valence-electron chi connectivity index (χ4n) is 3.69. The summed E-state index contributed by atoms with van der Waals surface area (Å²) in [6.07, 6.45) is 5.19. The first-order chi connectivity index (χ1) is 11.6. The van der Waals surface area contributed by atoms with Gasteiger partial charge in [-0.1, -0.05) is 0 Å². The summed E-state index contributed by atoms with van der Waals surface area (Å²) in [7, 11) is 1.43. The lowest BCUT2D eigenvalue weighted by Crippen LogP contribution is -2.50. The van der Waals surface area contributed by atoms with Crippen molar-refractivity contribution in [2.75, 3.05) is 20.2 Å². The lowest BCUT2D eigenvalue weighted by Gasteiger charge is -2.39. The van der Waals surface area contributed by atoms with E-state index in [1.54, 1.807) is 23.0 Å². The van der Waals surface area contributed by atoms with E-state index < -0.39 is 5.41 Å². The van der Waals surface area contributed by atoms with E-state index >= 15 is 0 Å². The van der Waals surface area contributed by atoms with Crippen molar-refractivity contribution in [3.63, 3.8) is 0 Å². The van der Waals surface area contributed by atoms with Crippen LogP contribution in [0.5, 0.6) is 0 Å². The van der Waals surface area contributed by atoms with Gasteiger partial charge in [-0.25, -0.2) is 9.07 Å². The summed E-state index contributed by atoms with van der Waals surface area (Å²) < 4.78 is 20.0. The van der Waals surface area contributed by atoms with Gasteiger partial charge in [-0.3, -0.25) is 4.79 Å². The Bertz CT molecular complexity index is 825. The maximum Gasteiger partial charge on any atom is 0.317 e. The van der Waals surface area contributed by atoms with E-state index in [4.69, 9.17) is 4.74 Å². The number of ether oxygens (including phenoxy) is 1. The Morgan fingerprint density at radius 3 is 2.92 bits per heavy atom. The number of carbonyl (C=O) groups is 1. The zero-order valence-corrected chi connectivity index (χ0v) is 13.4. The Morgan fingerprint density at radius 2 is 2.17 bits per heavy atom. The van der Waals surface area contributed by atoms with Crippen molar-refractivity contribution in [2.24, 2.45) is 5.41 Å². The maximum atomic E-state index is 13.2. The van der Waals surface area contributed by atoms with Crippen LogP contribution in [0.3, 0.4) is 0 Å². The third-order valence-corrected chi connectivity index (χ3v) is 4.95. The molecule has 6 heteroatoms. The summed E-state index contributed by atoms with van der Waals surface area (Å²) in [6, 6.07) is 6.24. The van der Waals surface area contributed by atoms with Gasteiger partial charge in [0.05, 0.1) is 24.7 Å². The summed E-state index contributed by atoms with van der Waals surface area (Å²) in [6.45, 7) is 1.41. The van der Waals surface area contributed by atoms with Gasteiger partial charge in [0.25, 0.3) is 0 Å². The van der Waals surface area contributed by atoms with E-state index in [-0.39, 0.29) is 11.8 Å². The smallest absolute Gasteiger partial charge is 0.317 e. The molecule has 0 radical (unpaired) electrons. The van der Waals surface area contributed by atoms with E-state index in [0.717, 1.165) is 35.5 Å². The van der Waals surface area contributed by atoms with Crippen LogP contribution in [0.4, 0.5) is 4.39 Å². The quantitative estimate of drug-likeness (QED) is 0.859. The molecule has 24 heavy (non-hydrogen) atoms. The van der Waals surface area contributed by atoms with Gasteiger partial charge >= 0.3 is 5.97 Å². The molecular formula is C18H18FN3O2. The van der Waals surface area contributed by atoms with Gasteiger partial charge in [-0.2, -0.15) is 5.10 Å². The molecule has 1 atom stereocenters. The molecule has 1 N–H and O–H groups in total. The molecule has 124 valence electrons. The van der Waals surface area contributed by atoms with Crippen molar-refractivity contribution in [2.45, 2.75) is 12.8 Å². The Kier molecular flexibility index (Phi) is 3.49. The third-order valence-electron chi connectivity index (χ3n) is 4.95. The highest BCUT2D eigenvalue weighted by Gasteiger charge is 2.47. The van der Waals surface area contributed by atoms with Crippen molar-refractivity contribution < 1.29 is 13.9 Å². The zero-order valence-electron chi connectivity index (χ0n) is 13.4. The fourth-order valence-corrected chi connectivity index (χ4v) is 3.69. The Balaban J connectivity index is 1.81. The monoisotopic (exact) mass is 327 g/mol. The maximum absolute atomic E-state index is 13.2. The molecule has 1 saturated heterocycles. The molecule has 1 aliphatic heterocycles. The number of nitrogens with zero attached hydrogens (tertiary/aromatic N) is 2. The molecule has 2 aromatic rings. The van der Waals surface area contributed by atoms with Gasteiger partial charge in [0.2, 0.25) is 0 Å². The minimum Gasteiger partial charge on any atom is -0.468 e. The molecule has 1 aromatic carbocycles. The molecule has 1 aliphatic carbocycles. The van der Waals surface area contributed by atoms with Crippen LogP contribution < -0.4 is 5.32 Å². The van der Waals surface area contributed by atoms with Crippen molar-refractivity contribution in [3.05, 3.63) is 53.1 Å². The van der Waals surface area contributed by atoms with E-state index in [1.165, 1.54) is 19.2 Å². The minimum absolute atomic E-state index is 0.207. The first-order valence-corrected chi connectivity index (χ1v) is 7.97. The SMILES string of the molecule is COC(=O)[C@@]12CNCCC1=Cc1c(cnn1-c1ccc(F)cc1)C2. The number of esters is 1. The number of hydrogen-bond donors (Lipinski definition) is 1. The Hall–Kier alpha value is -2.47. The topological polar surface area (TPSA) is 56.1 Å². The van der Waals surface area contributed by atoms with Crippen LogP contribution in [-0.2, 0) is 16.0 Å². The summed E-state index contributed by atoms with van der Waals surface area (Å²) in [4.78, 5) is 12.5. The second-order valence-electron chi connectivity index (χ2n) is 6.29. The zero-order chi connectivity index (χ0) is 16.7. The number of nitrogens with one attached hydrogen (secondary N) is 1. The summed E-state index contributed by atoms with van der Waals surface area (Å²) in [5, 5.41) is 7.75. The fraction of sp³-hybridized carbons (Fsp3) is 0.333. The highest BCUT2D eigenvalue weighted by molar-refractivity contribution is 5.85. The molecule has 0 amide bonds. The van der Waals surface area contributed by atoms with Crippen LogP contribution in [0, 0.1) is 11.2 Å². The highest BCUT2D eigenvalue weighted by Crippen LogP contribution is 2.43. The number of fused-ring (bicyclic) bond motifs is 2. The van der Waals surface area contributed by atoms with Crippen molar-refractivity contribution in [1.82, 2.24) is 15.1 Å². The van der Waals surface area contributed by atoms with Gasteiger partial charge in [0.15, 0.2) is 0 Å².